The highest BCUT2D eigenvalue weighted by Gasteiger charge is 2.22. The van der Waals surface area contributed by atoms with Crippen molar-refractivity contribution in [3.63, 3.8) is 0 Å². The van der Waals surface area contributed by atoms with Crippen molar-refractivity contribution in [3.8, 4) is 5.75 Å². The van der Waals surface area contributed by atoms with Crippen molar-refractivity contribution in [2.45, 2.75) is 32.2 Å². The van der Waals surface area contributed by atoms with Crippen molar-refractivity contribution in [1.82, 2.24) is 10.2 Å². The highest BCUT2D eigenvalue weighted by Crippen LogP contribution is 2.23. The molecule has 2 aromatic rings. The van der Waals surface area contributed by atoms with E-state index in [-0.39, 0.29) is 29.5 Å². The number of benzene rings is 2. The van der Waals surface area contributed by atoms with Gasteiger partial charge in [0.15, 0.2) is 0 Å². The van der Waals surface area contributed by atoms with E-state index in [4.69, 9.17) is 0 Å². The molecule has 26 heavy (non-hydrogen) atoms. The van der Waals surface area contributed by atoms with Crippen LogP contribution in [0.2, 0.25) is 0 Å². The normalized spacial score (nSPS) is 14.7. The Morgan fingerprint density at radius 1 is 1.04 bits per heavy atom. The maximum absolute atomic E-state index is 12.6. The number of carbonyl (C=O) groups is 1. The molecule has 0 spiro atoms. The van der Waals surface area contributed by atoms with Crippen LogP contribution in [-0.4, -0.2) is 42.6 Å². The van der Waals surface area contributed by atoms with Gasteiger partial charge in [0.1, 0.15) is 5.75 Å². The highest BCUT2D eigenvalue weighted by molar-refractivity contribution is 5.79. The average Bonchev–Trinajstić information content (AvgIpc) is 2.65. The standard InChI is InChI=1S/C22H30N2O2/c1-16(19-8-6-5-7-9-19)17(2)22(26)23-15-20(24(3)4)14-18-10-12-21(25)13-11-18/h5-13,16-17,20,25H,14-15H2,1-4H3,(H,23,26)/t16?,17-,20-/m0/s1. The fourth-order valence-corrected chi connectivity index (χ4v) is 2.99. The number of phenols is 1. The molecule has 1 amide bonds. The molecule has 2 aromatic carbocycles. The number of nitrogens with zero attached hydrogens (tertiary/aromatic N) is 1. The average molecular weight is 354 g/mol. The minimum atomic E-state index is -0.0890. The van der Waals surface area contributed by atoms with E-state index in [0.29, 0.717) is 6.54 Å². The summed E-state index contributed by atoms with van der Waals surface area (Å²) < 4.78 is 0. The number of likely N-dealkylation sites (N-methyl/N-ethyl adjacent to an activating group) is 1. The van der Waals surface area contributed by atoms with E-state index >= 15 is 0 Å². The summed E-state index contributed by atoms with van der Waals surface area (Å²) in [4.78, 5) is 14.7. The lowest BCUT2D eigenvalue weighted by molar-refractivity contribution is -0.125. The quantitative estimate of drug-likeness (QED) is 0.764. The molecule has 0 aliphatic heterocycles. The number of rotatable bonds is 8. The predicted octanol–water partition coefficient (Wildman–Crippen LogP) is 3.42. The van der Waals surface area contributed by atoms with E-state index in [9.17, 15) is 9.90 Å². The van der Waals surface area contributed by atoms with Crippen molar-refractivity contribution in [2.75, 3.05) is 20.6 Å². The lowest BCUT2D eigenvalue weighted by Crippen LogP contribution is -2.43. The molecular formula is C22H30N2O2. The molecule has 2 rings (SSSR count). The topological polar surface area (TPSA) is 52.6 Å². The van der Waals surface area contributed by atoms with Gasteiger partial charge in [0.05, 0.1) is 0 Å². The second-order valence-corrected chi connectivity index (χ2v) is 7.22. The summed E-state index contributed by atoms with van der Waals surface area (Å²) >= 11 is 0. The smallest absolute Gasteiger partial charge is 0.223 e. The number of aromatic hydroxyl groups is 1. The van der Waals surface area contributed by atoms with Crippen LogP contribution in [0.4, 0.5) is 0 Å². The molecule has 4 heteroatoms. The van der Waals surface area contributed by atoms with Crippen molar-refractivity contribution >= 4 is 5.91 Å². The molecule has 0 radical (unpaired) electrons. The van der Waals surface area contributed by atoms with Crippen LogP contribution in [0.15, 0.2) is 54.6 Å². The first-order valence-electron chi connectivity index (χ1n) is 9.15. The molecule has 0 aliphatic rings. The molecule has 0 aliphatic carbocycles. The first-order valence-corrected chi connectivity index (χ1v) is 9.15. The first kappa shape index (κ1) is 20.0. The van der Waals surface area contributed by atoms with E-state index in [1.54, 1.807) is 12.1 Å². The van der Waals surface area contributed by atoms with Crippen LogP contribution >= 0.6 is 0 Å². The Bertz CT molecular complexity index is 683. The number of amides is 1. The van der Waals surface area contributed by atoms with Gasteiger partial charge in [0.2, 0.25) is 5.91 Å². The van der Waals surface area contributed by atoms with Crippen LogP contribution in [-0.2, 0) is 11.2 Å². The van der Waals surface area contributed by atoms with E-state index in [1.807, 2.05) is 51.4 Å². The summed E-state index contributed by atoms with van der Waals surface area (Å²) in [7, 11) is 4.04. The van der Waals surface area contributed by atoms with Gasteiger partial charge in [-0.3, -0.25) is 4.79 Å². The second-order valence-electron chi connectivity index (χ2n) is 7.22. The van der Waals surface area contributed by atoms with E-state index in [1.165, 1.54) is 5.56 Å². The minimum Gasteiger partial charge on any atom is -0.508 e. The van der Waals surface area contributed by atoms with Crippen LogP contribution in [0.25, 0.3) is 0 Å². The van der Waals surface area contributed by atoms with Gasteiger partial charge in [-0.2, -0.15) is 0 Å². The lowest BCUT2D eigenvalue weighted by Gasteiger charge is -2.26. The highest BCUT2D eigenvalue weighted by atomic mass is 16.3. The van der Waals surface area contributed by atoms with Crippen molar-refractivity contribution in [2.24, 2.45) is 5.92 Å². The largest absolute Gasteiger partial charge is 0.508 e. The van der Waals surface area contributed by atoms with E-state index in [2.05, 4.69) is 29.3 Å². The number of carbonyl (C=O) groups excluding carboxylic acids is 1. The van der Waals surface area contributed by atoms with Gasteiger partial charge in [-0.1, -0.05) is 56.3 Å². The molecule has 0 saturated heterocycles. The molecular weight excluding hydrogens is 324 g/mol. The summed E-state index contributed by atoms with van der Waals surface area (Å²) in [5.41, 5.74) is 2.32. The van der Waals surface area contributed by atoms with Crippen molar-refractivity contribution in [1.29, 1.82) is 0 Å². The molecule has 0 aromatic heterocycles. The van der Waals surface area contributed by atoms with E-state index < -0.39 is 0 Å². The maximum atomic E-state index is 12.6. The van der Waals surface area contributed by atoms with E-state index in [0.717, 1.165) is 12.0 Å². The molecule has 0 heterocycles. The SMILES string of the molecule is CC(c1ccccc1)[C@H](C)C(=O)NC[C@H](Cc1ccc(O)cc1)N(C)C. The maximum Gasteiger partial charge on any atom is 0.223 e. The Kier molecular flexibility index (Phi) is 7.22. The molecule has 140 valence electrons. The Hall–Kier alpha value is -2.33. The van der Waals surface area contributed by atoms with Gasteiger partial charge >= 0.3 is 0 Å². The fourth-order valence-electron chi connectivity index (χ4n) is 2.99. The zero-order valence-corrected chi connectivity index (χ0v) is 16.1. The van der Waals surface area contributed by atoms with Crippen molar-refractivity contribution in [3.05, 3.63) is 65.7 Å². The molecule has 4 nitrogen and oxygen atoms in total. The zero-order chi connectivity index (χ0) is 19.1. The van der Waals surface area contributed by atoms with Crippen LogP contribution in [0.3, 0.4) is 0 Å². The molecule has 0 fully saturated rings. The monoisotopic (exact) mass is 354 g/mol. The summed E-state index contributed by atoms with van der Waals surface area (Å²) in [6.07, 6.45) is 0.816. The molecule has 0 saturated carbocycles. The van der Waals surface area contributed by atoms with Crippen LogP contribution < -0.4 is 5.32 Å². The molecule has 2 N–H and O–H groups in total. The summed E-state index contributed by atoms with van der Waals surface area (Å²) in [5, 5.41) is 12.5. The Balaban J connectivity index is 1.93. The molecule has 0 bridgehead atoms. The number of phenolic OH excluding ortho intramolecular Hbond substituents is 1. The lowest BCUT2D eigenvalue weighted by atomic mass is 9.88. The van der Waals surface area contributed by atoms with Crippen LogP contribution in [0.1, 0.15) is 30.9 Å². The van der Waals surface area contributed by atoms with Crippen LogP contribution in [0.5, 0.6) is 5.75 Å². The Morgan fingerprint density at radius 2 is 1.65 bits per heavy atom. The number of nitrogens with one attached hydrogen (secondary N) is 1. The van der Waals surface area contributed by atoms with Gasteiger partial charge < -0.3 is 15.3 Å². The van der Waals surface area contributed by atoms with Gasteiger partial charge in [0.25, 0.3) is 0 Å². The molecule has 1 unspecified atom stereocenters. The minimum absolute atomic E-state index is 0.0823. The number of hydrogen-bond donors (Lipinski definition) is 2. The third-order valence-electron chi connectivity index (χ3n) is 5.14. The Morgan fingerprint density at radius 3 is 2.23 bits per heavy atom. The predicted molar refractivity (Wildman–Crippen MR) is 106 cm³/mol. The summed E-state index contributed by atoms with van der Waals surface area (Å²) in [5.74, 6) is 0.436. The van der Waals surface area contributed by atoms with Gasteiger partial charge in [-0.05, 0) is 49.7 Å². The number of hydrogen-bond acceptors (Lipinski definition) is 3. The van der Waals surface area contributed by atoms with Crippen LogP contribution in [0, 0.1) is 5.92 Å². The third kappa shape index (κ3) is 5.60. The summed E-state index contributed by atoms with van der Waals surface area (Å²) in [6.45, 7) is 4.68. The van der Waals surface area contributed by atoms with Gasteiger partial charge in [-0.15, -0.1) is 0 Å². The second kappa shape index (κ2) is 9.39. The first-order chi connectivity index (χ1) is 12.4. The third-order valence-corrected chi connectivity index (χ3v) is 5.14. The Labute approximate surface area is 156 Å². The fraction of sp³-hybridized carbons (Fsp3) is 0.409. The van der Waals surface area contributed by atoms with Gasteiger partial charge in [0, 0.05) is 18.5 Å². The summed E-state index contributed by atoms with van der Waals surface area (Å²) in [6, 6.07) is 17.6. The van der Waals surface area contributed by atoms with Crippen molar-refractivity contribution < 1.29 is 9.90 Å². The van der Waals surface area contributed by atoms with Gasteiger partial charge in [-0.25, -0.2) is 0 Å². The zero-order valence-electron chi connectivity index (χ0n) is 16.1. The molecule has 3 atom stereocenters.